The predicted molar refractivity (Wildman–Crippen MR) is 92.8 cm³/mol. The lowest BCUT2D eigenvalue weighted by Gasteiger charge is -2.34. The van der Waals surface area contributed by atoms with Crippen molar-refractivity contribution in [2.75, 3.05) is 44.6 Å². The Labute approximate surface area is 146 Å². The molecular weight excluding hydrogens is 322 g/mol. The van der Waals surface area contributed by atoms with E-state index in [-0.39, 0.29) is 17.0 Å². The van der Waals surface area contributed by atoms with Crippen LogP contribution >= 0.6 is 0 Å². The highest BCUT2D eigenvalue weighted by Gasteiger charge is 2.23. The zero-order chi connectivity index (χ0) is 18.2. The molecule has 1 aromatic rings. The molecule has 2 rings (SSSR count). The van der Waals surface area contributed by atoms with E-state index in [4.69, 9.17) is 10.8 Å². The summed E-state index contributed by atoms with van der Waals surface area (Å²) in [6.45, 7) is 3.99. The number of hydrogen-bond donors (Lipinski definition) is 3. The van der Waals surface area contributed by atoms with E-state index in [2.05, 4.69) is 10.2 Å². The minimum Gasteiger partial charge on any atom is -0.478 e. The van der Waals surface area contributed by atoms with Crippen LogP contribution in [-0.2, 0) is 4.79 Å². The smallest absolute Gasteiger partial charge is 0.335 e. The second-order valence-electron chi connectivity index (χ2n) is 5.62. The van der Waals surface area contributed by atoms with Crippen LogP contribution in [-0.4, -0.2) is 66.1 Å². The van der Waals surface area contributed by atoms with Gasteiger partial charge in [0.15, 0.2) is 0 Å². The van der Waals surface area contributed by atoms with Crippen molar-refractivity contribution >= 4 is 17.6 Å². The molecule has 1 aliphatic rings. The third-order valence-corrected chi connectivity index (χ3v) is 3.97. The van der Waals surface area contributed by atoms with Crippen molar-refractivity contribution in [1.29, 1.82) is 5.26 Å². The van der Waals surface area contributed by atoms with E-state index < -0.39 is 5.97 Å². The molecule has 4 N–H and O–H groups in total. The standard InChI is InChI=1S/C17H21N5O3/c18-5-6-21-7-9-22(10-8-21)16(23)14(11-19)12-20-15-3-1-13(2-4-15)17(24)25/h1-4,12,20H,5-10,18H2,(H,24,25)/b14-12-. The maximum atomic E-state index is 12.4. The van der Waals surface area contributed by atoms with Crippen LogP contribution in [0, 0.1) is 11.3 Å². The molecule has 8 nitrogen and oxygen atoms in total. The molecule has 0 bridgehead atoms. The molecule has 0 radical (unpaired) electrons. The lowest BCUT2D eigenvalue weighted by Crippen LogP contribution is -2.50. The zero-order valence-corrected chi connectivity index (χ0v) is 13.8. The highest BCUT2D eigenvalue weighted by atomic mass is 16.4. The predicted octanol–water partition coefficient (Wildman–Crippen LogP) is 0.307. The molecular formula is C17H21N5O3. The van der Waals surface area contributed by atoms with Gasteiger partial charge in [0.1, 0.15) is 11.6 Å². The van der Waals surface area contributed by atoms with Gasteiger partial charge in [0.25, 0.3) is 5.91 Å². The van der Waals surface area contributed by atoms with Crippen LogP contribution in [0.3, 0.4) is 0 Å². The van der Waals surface area contributed by atoms with E-state index in [0.29, 0.717) is 25.3 Å². The number of nitrogens with two attached hydrogens (primary N) is 1. The van der Waals surface area contributed by atoms with Gasteiger partial charge in [0.2, 0.25) is 0 Å². The van der Waals surface area contributed by atoms with Crippen molar-refractivity contribution < 1.29 is 14.7 Å². The van der Waals surface area contributed by atoms with Gasteiger partial charge in [-0.25, -0.2) is 4.79 Å². The molecule has 0 spiro atoms. The second-order valence-corrected chi connectivity index (χ2v) is 5.62. The molecule has 1 aliphatic heterocycles. The number of carbonyl (C=O) groups excluding carboxylic acids is 1. The molecule has 25 heavy (non-hydrogen) atoms. The van der Waals surface area contributed by atoms with Crippen molar-refractivity contribution in [3.05, 3.63) is 41.6 Å². The van der Waals surface area contributed by atoms with E-state index >= 15 is 0 Å². The number of carboxylic acid groups (broad SMARTS) is 1. The molecule has 1 amide bonds. The van der Waals surface area contributed by atoms with Crippen molar-refractivity contribution in [1.82, 2.24) is 9.80 Å². The van der Waals surface area contributed by atoms with Crippen LogP contribution in [0.4, 0.5) is 5.69 Å². The maximum absolute atomic E-state index is 12.4. The molecule has 1 fully saturated rings. The zero-order valence-electron chi connectivity index (χ0n) is 13.8. The van der Waals surface area contributed by atoms with Gasteiger partial charge in [-0.15, -0.1) is 0 Å². The molecule has 1 heterocycles. The fourth-order valence-electron chi connectivity index (χ4n) is 2.53. The molecule has 132 valence electrons. The number of nitrogens with zero attached hydrogens (tertiary/aromatic N) is 3. The number of carboxylic acids is 1. The minimum atomic E-state index is -1.01. The summed E-state index contributed by atoms with van der Waals surface area (Å²) < 4.78 is 0. The number of piperazine rings is 1. The third kappa shape index (κ3) is 5.04. The van der Waals surface area contributed by atoms with Crippen LogP contribution in [0.5, 0.6) is 0 Å². The van der Waals surface area contributed by atoms with Gasteiger partial charge in [-0.3, -0.25) is 9.69 Å². The van der Waals surface area contributed by atoms with Crippen LogP contribution < -0.4 is 11.1 Å². The molecule has 0 unspecified atom stereocenters. The summed E-state index contributed by atoms with van der Waals surface area (Å²) in [7, 11) is 0. The highest BCUT2D eigenvalue weighted by Crippen LogP contribution is 2.11. The Morgan fingerprint density at radius 2 is 1.88 bits per heavy atom. The molecule has 0 aliphatic carbocycles. The van der Waals surface area contributed by atoms with Crippen LogP contribution in [0.1, 0.15) is 10.4 Å². The van der Waals surface area contributed by atoms with Gasteiger partial charge >= 0.3 is 5.97 Å². The van der Waals surface area contributed by atoms with Gasteiger partial charge in [0.05, 0.1) is 5.56 Å². The summed E-state index contributed by atoms with van der Waals surface area (Å²) >= 11 is 0. The number of hydrogen-bond acceptors (Lipinski definition) is 6. The van der Waals surface area contributed by atoms with E-state index in [1.807, 2.05) is 6.07 Å². The monoisotopic (exact) mass is 343 g/mol. The number of nitriles is 1. The Morgan fingerprint density at radius 3 is 2.40 bits per heavy atom. The summed E-state index contributed by atoms with van der Waals surface area (Å²) in [5.74, 6) is -1.33. The Bertz CT molecular complexity index is 685. The Hall–Kier alpha value is -2.89. The number of nitrogens with one attached hydrogen (secondary N) is 1. The molecule has 0 saturated carbocycles. The SMILES string of the molecule is N#C/C(=C/Nc1ccc(C(=O)O)cc1)C(=O)N1CCN(CCN)CC1. The van der Waals surface area contributed by atoms with E-state index in [1.54, 1.807) is 17.0 Å². The Morgan fingerprint density at radius 1 is 1.24 bits per heavy atom. The topological polar surface area (TPSA) is 123 Å². The number of benzene rings is 1. The van der Waals surface area contributed by atoms with Crippen molar-refractivity contribution in [3.63, 3.8) is 0 Å². The number of amides is 1. The van der Waals surface area contributed by atoms with E-state index in [9.17, 15) is 14.9 Å². The molecule has 0 aromatic heterocycles. The van der Waals surface area contributed by atoms with Gasteiger partial charge in [-0.05, 0) is 24.3 Å². The first kappa shape index (κ1) is 18.4. The normalized spacial score (nSPS) is 15.5. The van der Waals surface area contributed by atoms with Gasteiger partial charge in [0, 0.05) is 51.2 Å². The average Bonchev–Trinajstić information content (AvgIpc) is 2.63. The molecule has 8 heteroatoms. The minimum absolute atomic E-state index is 0.00888. The van der Waals surface area contributed by atoms with Gasteiger partial charge in [-0.1, -0.05) is 0 Å². The maximum Gasteiger partial charge on any atom is 0.335 e. The summed E-state index contributed by atoms with van der Waals surface area (Å²) in [4.78, 5) is 27.1. The summed E-state index contributed by atoms with van der Waals surface area (Å²) in [5, 5.41) is 21.0. The first-order chi connectivity index (χ1) is 12.0. The van der Waals surface area contributed by atoms with Crippen LogP contribution in [0.15, 0.2) is 36.0 Å². The van der Waals surface area contributed by atoms with E-state index in [1.165, 1.54) is 18.3 Å². The molecule has 0 atom stereocenters. The number of rotatable bonds is 6. The van der Waals surface area contributed by atoms with Crippen molar-refractivity contribution in [3.8, 4) is 6.07 Å². The third-order valence-electron chi connectivity index (χ3n) is 3.97. The molecule has 1 saturated heterocycles. The Balaban J connectivity index is 1.96. The summed E-state index contributed by atoms with van der Waals surface area (Å²) in [6, 6.07) is 7.96. The summed E-state index contributed by atoms with van der Waals surface area (Å²) in [5.41, 5.74) is 6.30. The van der Waals surface area contributed by atoms with Crippen LogP contribution in [0.2, 0.25) is 0 Å². The van der Waals surface area contributed by atoms with Gasteiger partial charge in [-0.2, -0.15) is 5.26 Å². The number of aromatic carboxylic acids is 1. The largest absolute Gasteiger partial charge is 0.478 e. The fraction of sp³-hybridized carbons (Fsp3) is 0.353. The first-order valence-corrected chi connectivity index (χ1v) is 7.97. The first-order valence-electron chi connectivity index (χ1n) is 7.97. The Kier molecular flexibility index (Phi) is 6.51. The molecule has 1 aromatic carbocycles. The average molecular weight is 343 g/mol. The number of carbonyl (C=O) groups is 2. The van der Waals surface area contributed by atoms with Crippen LogP contribution in [0.25, 0.3) is 0 Å². The quantitative estimate of drug-likeness (QED) is 0.502. The fourth-order valence-corrected chi connectivity index (χ4v) is 2.53. The lowest BCUT2D eigenvalue weighted by molar-refractivity contribution is -0.128. The highest BCUT2D eigenvalue weighted by molar-refractivity contribution is 5.97. The van der Waals surface area contributed by atoms with Crippen molar-refractivity contribution in [2.45, 2.75) is 0 Å². The second kappa shape index (κ2) is 8.82. The lowest BCUT2D eigenvalue weighted by atomic mass is 10.2. The number of anilines is 1. The van der Waals surface area contributed by atoms with Gasteiger partial charge < -0.3 is 21.1 Å². The summed E-state index contributed by atoms with van der Waals surface area (Å²) in [6.07, 6.45) is 1.35. The van der Waals surface area contributed by atoms with Crippen molar-refractivity contribution in [2.24, 2.45) is 5.73 Å². The van der Waals surface area contributed by atoms with E-state index in [0.717, 1.165) is 19.6 Å².